The zero-order chi connectivity index (χ0) is 22.0. The van der Waals surface area contributed by atoms with Crippen LogP contribution in [0.5, 0.6) is 0 Å². The van der Waals surface area contributed by atoms with Crippen LogP contribution in [-0.4, -0.2) is 21.8 Å². The second kappa shape index (κ2) is 8.91. The zero-order valence-corrected chi connectivity index (χ0v) is 17.5. The summed E-state index contributed by atoms with van der Waals surface area (Å²) in [4.78, 5) is 44.6. The molecule has 0 spiro atoms. The van der Waals surface area contributed by atoms with Gasteiger partial charge in [-0.3, -0.25) is 14.4 Å². The second-order valence-electron chi connectivity index (χ2n) is 6.82. The number of H-pyrrole nitrogens is 1. The number of nitrogens with one attached hydrogen (secondary N) is 3. The number of nitrogens with zero attached hydrogens (tertiary/aromatic N) is 1. The normalized spacial score (nSPS) is 15.2. The Bertz CT molecular complexity index is 1230. The summed E-state index contributed by atoms with van der Waals surface area (Å²) < 4.78 is 13.8. The molecule has 10 heteroatoms. The van der Waals surface area contributed by atoms with E-state index in [2.05, 4.69) is 20.6 Å². The molecular weight excluding hydrogens is 443 g/mol. The van der Waals surface area contributed by atoms with E-state index in [4.69, 9.17) is 11.6 Å². The maximum absolute atomic E-state index is 13.8. The lowest BCUT2D eigenvalue weighted by Gasteiger charge is -2.23. The molecule has 0 saturated carbocycles. The maximum Gasteiger partial charge on any atom is 0.257 e. The molecule has 0 fully saturated rings. The van der Waals surface area contributed by atoms with Crippen molar-refractivity contribution in [2.75, 3.05) is 10.6 Å². The van der Waals surface area contributed by atoms with E-state index in [-0.39, 0.29) is 34.5 Å². The number of aromatic nitrogens is 2. The van der Waals surface area contributed by atoms with Crippen LogP contribution >= 0.6 is 23.4 Å². The van der Waals surface area contributed by atoms with E-state index >= 15 is 0 Å². The highest BCUT2D eigenvalue weighted by Crippen LogP contribution is 2.31. The second-order valence-corrected chi connectivity index (χ2v) is 8.22. The van der Waals surface area contributed by atoms with E-state index in [1.165, 1.54) is 6.07 Å². The van der Waals surface area contributed by atoms with Crippen molar-refractivity contribution in [1.82, 2.24) is 9.97 Å². The highest BCUT2D eigenvalue weighted by atomic mass is 35.5. The number of hydrogen-bond acceptors (Lipinski definition) is 5. The zero-order valence-electron chi connectivity index (χ0n) is 15.9. The first-order valence-corrected chi connectivity index (χ1v) is 10.6. The van der Waals surface area contributed by atoms with Crippen LogP contribution in [0.1, 0.15) is 23.5 Å². The number of rotatable bonds is 5. The Morgan fingerprint density at radius 1 is 1.23 bits per heavy atom. The Hall–Kier alpha value is -3.17. The molecule has 1 atom stereocenters. The smallest absolute Gasteiger partial charge is 0.257 e. The van der Waals surface area contributed by atoms with Gasteiger partial charge in [-0.05, 0) is 29.8 Å². The Kier molecular flexibility index (Phi) is 6.06. The summed E-state index contributed by atoms with van der Waals surface area (Å²) in [5.74, 6) is -2.05. The van der Waals surface area contributed by atoms with Crippen LogP contribution < -0.4 is 16.2 Å². The van der Waals surface area contributed by atoms with Gasteiger partial charge in [0.15, 0.2) is 5.16 Å². The number of carbonyl (C=O) groups excluding carboxylic acids is 2. The number of benzene rings is 2. The summed E-state index contributed by atoms with van der Waals surface area (Å²) >= 11 is 7.06. The van der Waals surface area contributed by atoms with Crippen molar-refractivity contribution in [1.29, 1.82) is 0 Å². The number of carbonyl (C=O) groups is 2. The van der Waals surface area contributed by atoms with Crippen LogP contribution in [0.3, 0.4) is 0 Å². The van der Waals surface area contributed by atoms with Crippen LogP contribution in [0.2, 0.25) is 5.02 Å². The first-order valence-electron chi connectivity index (χ1n) is 9.27. The van der Waals surface area contributed by atoms with Crippen LogP contribution in [0.4, 0.5) is 15.9 Å². The molecule has 0 radical (unpaired) electrons. The van der Waals surface area contributed by atoms with Crippen LogP contribution in [-0.2, 0) is 15.3 Å². The number of amides is 2. The highest BCUT2D eigenvalue weighted by molar-refractivity contribution is 7.98. The molecule has 1 aliphatic rings. The van der Waals surface area contributed by atoms with Gasteiger partial charge in [-0.2, -0.15) is 0 Å². The lowest BCUT2D eigenvalue weighted by atomic mass is 9.92. The summed E-state index contributed by atoms with van der Waals surface area (Å²) in [5, 5.41) is 5.88. The third kappa shape index (κ3) is 4.78. The molecule has 4 rings (SSSR count). The minimum atomic E-state index is -1.01. The van der Waals surface area contributed by atoms with Gasteiger partial charge in [-0.1, -0.05) is 47.6 Å². The fourth-order valence-electron chi connectivity index (χ4n) is 3.20. The third-order valence-corrected chi connectivity index (χ3v) is 5.82. The van der Waals surface area contributed by atoms with E-state index in [9.17, 15) is 18.8 Å². The quantitative estimate of drug-likeness (QED) is 0.397. The molecule has 3 N–H and O–H groups in total. The molecule has 1 aliphatic heterocycles. The van der Waals surface area contributed by atoms with E-state index in [1.54, 1.807) is 42.5 Å². The Morgan fingerprint density at radius 2 is 2.03 bits per heavy atom. The number of hydrogen-bond donors (Lipinski definition) is 3. The van der Waals surface area contributed by atoms with Gasteiger partial charge < -0.3 is 15.6 Å². The Labute approximate surface area is 185 Å². The van der Waals surface area contributed by atoms with Gasteiger partial charge in [0.2, 0.25) is 11.8 Å². The van der Waals surface area contributed by atoms with Crippen molar-refractivity contribution in [2.45, 2.75) is 23.2 Å². The van der Waals surface area contributed by atoms with Crippen molar-refractivity contribution in [2.24, 2.45) is 0 Å². The van der Waals surface area contributed by atoms with Gasteiger partial charge in [0.25, 0.3) is 5.56 Å². The third-order valence-electron chi connectivity index (χ3n) is 4.66. The number of anilines is 2. The SMILES string of the molecule is O=C1C[C@@H](C(=O)Nc2cccc(Cl)c2)c2c(nc(SCc3ccccc3F)[nH]c2=O)N1. The lowest BCUT2D eigenvalue weighted by molar-refractivity contribution is -0.123. The summed E-state index contributed by atoms with van der Waals surface area (Å²) in [6.07, 6.45) is -0.189. The molecule has 3 aromatic rings. The number of aromatic amines is 1. The molecule has 1 aromatic heterocycles. The van der Waals surface area contributed by atoms with Gasteiger partial charge in [0, 0.05) is 22.9 Å². The molecule has 31 heavy (non-hydrogen) atoms. The minimum absolute atomic E-state index is 0.0299. The predicted molar refractivity (Wildman–Crippen MR) is 117 cm³/mol. The predicted octanol–water partition coefficient (Wildman–Crippen LogP) is 3.92. The fourth-order valence-corrected chi connectivity index (χ4v) is 4.24. The summed E-state index contributed by atoms with van der Waals surface area (Å²) in [6, 6.07) is 12.8. The monoisotopic (exact) mass is 458 g/mol. The molecule has 0 bridgehead atoms. The first-order chi connectivity index (χ1) is 14.9. The topological polar surface area (TPSA) is 104 Å². The van der Waals surface area contributed by atoms with Gasteiger partial charge in [0.1, 0.15) is 11.6 Å². The summed E-state index contributed by atoms with van der Waals surface area (Å²) in [7, 11) is 0. The van der Waals surface area contributed by atoms with Gasteiger partial charge in [-0.15, -0.1) is 0 Å². The van der Waals surface area contributed by atoms with Gasteiger partial charge in [-0.25, -0.2) is 9.37 Å². The molecular formula is C21H16ClFN4O3S. The first kappa shape index (κ1) is 21.1. The molecule has 7 nitrogen and oxygen atoms in total. The molecule has 2 heterocycles. The maximum atomic E-state index is 13.8. The number of fused-ring (bicyclic) bond motifs is 1. The van der Waals surface area contributed by atoms with Crippen LogP contribution in [0, 0.1) is 5.82 Å². The minimum Gasteiger partial charge on any atom is -0.325 e. The lowest BCUT2D eigenvalue weighted by Crippen LogP contribution is -2.36. The Balaban J connectivity index is 1.58. The van der Waals surface area contributed by atoms with Gasteiger partial charge in [0.05, 0.1) is 11.5 Å². The van der Waals surface area contributed by atoms with E-state index in [0.717, 1.165) is 11.8 Å². The number of halogens is 2. The fraction of sp³-hybridized carbons (Fsp3) is 0.143. The summed E-state index contributed by atoms with van der Waals surface area (Å²) in [6.45, 7) is 0. The van der Waals surface area contributed by atoms with Crippen LogP contribution in [0.15, 0.2) is 58.5 Å². The highest BCUT2D eigenvalue weighted by Gasteiger charge is 2.34. The van der Waals surface area contributed by atoms with Crippen molar-refractivity contribution in [3.63, 3.8) is 0 Å². The van der Waals surface area contributed by atoms with Crippen molar-refractivity contribution >= 4 is 46.7 Å². The molecule has 2 amide bonds. The molecule has 0 unspecified atom stereocenters. The molecule has 0 saturated heterocycles. The average Bonchev–Trinajstić information content (AvgIpc) is 2.72. The van der Waals surface area contributed by atoms with Crippen molar-refractivity contribution in [3.8, 4) is 0 Å². The Morgan fingerprint density at radius 3 is 2.81 bits per heavy atom. The standard InChI is InChI=1S/C21H16ClFN4O3S/c22-12-5-3-6-13(8-12)24-19(29)14-9-16(28)25-18-17(14)20(30)27-21(26-18)31-10-11-4-1-2-7-15(11)23/h1-8,14H,9-10H2,(H,24,29)(H2,25,26,27,28,30)/t14-/m1/s1. The van der Waals surface area contributed by atoms with E-state index < -0.39 is 23.3 Å². The summed E-state index contributed by atoms with van der Waals surface area (Å²) in [5.41, 5.74) is 0.448. The van der Waals surface area contributed by atoms with Crippen LogP contribution in [0.25, 0.3) is 0 Å². The van der Waals surface area contributed by atoms with Crippen molar-refractivity contribution < 1.29 is 14.0 Å². The molecule has 158 valence electrons. The van der Waals surface area contributed by atoms with E-state index in [1.807, 2.05) is 0 Å². The number of thioether (sulfide) groups is 1. The van der Waals surface area contributed by atoms with Crippen molar-refractivity contribution in [3.05, 3.63) is 80.9 Å². The van der Waals surface area contributed by atoms with E-state index in [0.29, 0.717) is 16.3 Å². The average molecular weight is 459 g/mol. The largest absolute Gasteiger partial charge is 0.325 e. The molecule has 2 aromatic carbocycles. The van der Waals surface area contributed by atoms with Gasteiger partial charge >= 0.3 is 0 Å². The molecule has 0 aliphatic carbocycles.